The van der Waals surface area contributed by atoms with Gasteiger partial charge in [-0.15, -0.1) is 0 Å². The fourth-order valence-corrected chi connectivity index (χ4v) is 4.05. The molecular formula is C18H26N2O2. The molecule has 0 N–H and O–H groups in total. The number of aromatic nitrogens is 1. The lowest BCUT2D eigenvalue weighted by Crippen LogP contribution is -2.43. The van der Waals surface area contributed by atoms with Gasteiger partial charge in [-0.05, 0) is 49.3 Å². The molecule has 0 radical (unpaired) electrons. The van der Waals surface area contributed by atoms with E-state index in [0.717, 1.165) is 19.1 Å². The fraction of sp³-hybridized carbons (Fsp3) is 0.722. The fourth-order valence-electron chi connectivity index (χ4n) is 4.05. The van der Waals surface area contributed by atoms with Crippen molar-refractivity contribution in [3.8, 4) is 0 Å². The van der Waals surface area contributed by atoms with Gasteiger partial charge in [0.2, 0.25) is 0 Å². The Labute approximate surface area is 132 Å². The van der Waals surface area contributed by atoms with Gasteiger partial charge in [-0.25, -0.2) is 0 Å². The van der Waals surface area contributed by atoms with Crippen LogP contribution in [0.2, 0.25) is 0 Å². The summed E-state index contributed by atoms with van der Waals surface area (Å²) in [5.74, 6) is 0.918. The molecule has 4 rings (SSSR count). The first-order valence-electron chi connectivity index (χ1n) is 8.76. The van der Waals surface area contributed by atoms with Crippen molar-refractivity contribution < 1.29 is 9.47 Å². The average molecular weight is 302 g/mol. The predicted molar refractivity (Wildman–Crippen MR) is 84.5 cm³/mol. The molecule has 3 heterocycles. The lowest BCUT2D eigenvalue weighted by molar-refractivity contribution is -0.0821. The summed E-state index contributed by atoms with van der Waals surface area (Å²) in [4.78, 5) is 6.72. The summed E-state index contributed by atoms with van der Waals surface area (Å²) in [6.07, 6.45) is 10.9. The lowest BCUT2D eigenvalue weighted by atomic mass is 9.85. The van der Waals surface area contributed by atoms with Crippen LogP contribution in [-0.2, 0) is 16.1 Å². The van der Waals surface area contributed by atoms with E-state index in [9.17, 15) is 0 Å². The van der Waals surface area contributed by atoms with Crippen molar-refractivity contribution in [1.29, 1.82) is 0 Å². The van der Waals surface area contributed by atoms with Crippen LogP contribution in [0.5, 0.6) is 0 Å². The van der Waals surface area contributed by atoms with Crippen molar-refractivity contribution in [3.63, 3.8) is 0 Å². The zero-order valence-corrected chi connectivity index (χ0v) is 13.2. The van der Waals surface area contributed by atoms with Gasteiger partial charge in [0.15, 0.2) is 0 Å². The number of ether oxygens (including phenoxy) is 2. The van der Waals surface area contributed by atoms with E-state index in [2.05, 4.69) is 9.88 Å². The van der Waals surface area contributed by atoms with Crippen molar-refractivity contribution in [2.75, 3.05) is 19.7 Å². The molecule has 4 heteroatoms. The van der Waals surface area contributed by atoms with E-state index in [1.807, 2.05) is 24.5 Å². The van der Waals surface area contributed by atoms with Crippen LogP contribution in [0.3, 0.4) is 0 Å². The first kappa shape index (κ1) is 14.6. The number of hydrogen-bond donors (Lipinski definition) is 0. The number of likely N-dealkylation sites (tertiary alicyclic amines) is 1. The largest absolute Gasteiger partial charge is 0.374 e. The molecule has 1 aromatic rings. The molecule has 22 heavy (non-hydrogen) atoms. The van der Waals surface area contributed by atoms with Crippen LogP contribution in [0, 0.1) is 5.92 Å². The molecule has 2 saturated heterocycles. The molecule has 2 aliphatic heterocycles. The number of rotatable bonds is 5. The Morgan fingerprint density at radius 3 is 2.82 bits per heavy atom. The normalized spacial score (nSPS) is 32.6. The van der Waals surface area contributed by atoms with E-state index >= 15 is 0 Å². The third kappa shape index (κ3) is 3.05. The summed E-state index contributed by atoms with van der Waals surface area (Å²) in [5, 5.41) is 0. The molecule has 1 aromatic heterocycles. The zero-order chi connectivity index (χ0) is 14.8. The molecule has 1 saturated carbocycles. The van der Waals surface area contributed by atoms with Crippen LogP contribution in [0.4, 0.5) is 0 Å². The van der Waals surface area contributed by atoms with Crippen molar-refractivity contribution >= 4 is 0 Å². The second-order valence-corrected chi connectivity index (χ2v) is 7.00. The maximum absolute atomic E-state index is 6.23. The van der Waals surface area contributed by atoms with Crippen LogP contribution in [0.15, 0.2) is 24.5 Å². The highest BCUT2D eigenvalue weighted by Crippen LogP contribution is 2.35. The van der Waals surface area contributed by atoms with Gasteiger partial charge in [-0.3, -0.25) is 9.88 Å². The number of pyridine rings is 1. The standard InChI is InChI=1S/C18H26N2O2/c1-3-14(4-1)11-20-12-17(18-16(20)5-2-10-21-18)22-13-15-6-8-19-9-7-15/h6-9,14,16-18H,1-5,10-13H2/t16-,17-,18+/m1/s1. The Kier molecular flexibility index (Phi) is 4.42. The van der Waals surface area contributed by atoms with Crippen molar-refractivity contribution in [2.24, 2.45) is 5.92 Å². The second-order valence-electron chi connectivity index (χ2n) is 7.00. The highest BCUT2D eigenvalue weighted by molar-refractivity contribution is 5.08. The molecule has 3 atom stereocenters. The van der Waals surface area contributed by atoms with Gasteiger partial charge in [0, 0.05) is 38.1 Å². The summed E-state index contributed by atoms with van der Waals surface area (Å²) in [6, 6.07) is 4.64. The minimum Gasteiger partial charge on any atom is -0.374 e. The van der Waals surface area contributed by atoms with Gasteiger partial charge in [0.25, 0.3) is 0 Å². The first-order chi connectivity index (χ1) is 10.9. The van der Waals surface area contributed by atoms with Crippen molar-refractivity contribution in [2.45, 2.75) is 57.0 Å². The van der Waals surface area contributed by atoms with Crippen molar-refractivity contribution in [3.05, 3.63) is 30.1 Å². The molecule has 0 aromatic carbocycles. The maximum Gasteiger partial charge on any atom is 0.100 e. The van der Waals surface area contributed by atoms with Crippen LogP contribution >= 0.6 is 0 Å². The Morgan fingerprint density at radius 2 is 2.05 bits per heavy atom. The van der Waals surface area contributed by atoms with Crippen LogP contribution < -0.4 is 0 Å². The van der Waals surface area contributed by atoms with E-state index in [0.29, 0.717) is 12.6 Å². The van der Waals surface area contributed by atoms with Gasteiger partial charge in [-0.1, -0.05) is 6.42 Å². The highest BCUT2D eigenvalue weighted by atomic mass is 16.5. The summed E-state index contributed by atoms with van der Waals surface area (Å²) >= 11 is 0. The van der Waals surface area contributed by atoms with Gasteiger partial charge in [-0.2, -0.15) is 0 Å². The van der Waals surface area contributed by atoms with E-state index in [1.54, 1.807) is 0 Å². The van der Waals surface area contributed by atoms with Gasteiger partial charge >= 0.3 is 0 Å². The van der Waals surface area contributed by atoms with Crippen LogP contribution in [0.1, 0.15) is 37.7 Å². The first-order valence-corrected chi connectivity index (χ1v) is 8.76. The summed E-state index contributed by atoms with van der Waals surface area (Å²) < 4.78 is 12.3. The van der Waals surface area contributed by atoms with E-state index in [1.165, 1.54) is 44.2 Å². The van der Waals surface area contributed by atoms with Crippen molar-refractivity contribution in [1.82, 2.24) is 9.88 Å². The number of fused-ring (bicyclic) bond motifs is 1. The topological polar surface area (TPSA) is 34.6 Å². The van der Waals surface area contributed by atoms with E-state index in [-0.39, 0.29) is 12.2 Å². The molecule has 120 valence electrons. The quantitative estimate of drug-likeness (QED) is 0.837. The minimum absolute atomic E-state index is 0.221. The number of nitrogens with zero attached hydrogens (tertiary/aromatic N) is 2. The zero-order valence-electron chi connectivity index (χ0n) is 13.2. The summed E-state index contributed by atoms with van der Waals surface area (Å²) in [6.45, 7) is 3.85. The molecule has 4 nitrogen and oxygen atoms in total. The average Bonchev–Trinajstić information content (AvgIpc) is 2.88. The molecule has 0 spiro atoms. The SMILES string of the molecule is c1cc(CO[C@@H]2CN(CC3CCC3)[C@@H]3CCCO[C@@H]32)ccn1. The Hall–Kier alpha value is -0.970. The third-order valence-corrected chi connectivity index (χ3v) is 5.51. The van der Waals surface area contributed by atoms with Crippen LogP contribution in [0.25, 0.3) is 0 Å². The lowest BCUT2D eigenvalue weighted by Gasteiger charge is -2.36. The monoisotopic (exact) mass is 302 g/mol. The molecular weight excluding hydrogens is 276 g/mol. The molecule has 0 bridgehead atoms. The highest BCUT2D eigenvalue weighted by Gasteiger charge is 2.45. The second kappa shape index (κ2) is 6.65. The minimum atomic E-state index is 0.221. The smallest absolute Gasteiger partial charge is 0.100 e. The van der Waals surface area contributed by atoms with Gasteiger partial charge < -0.3 is 9.47 Å². The van der Waals surface area contributed by atoms with Gasteiger partial charge in [0.05, 0.1) is 12.7 Å². The van der Waals surface area contributed by atoms with E-state index in [4.69, 9.17) is 9.47 Å². The Bertz CT molecular complexity index is 477. The predicted octanol–water partition coefficient (Wildman–Crippen LogP) is 2.63. The Morgan fingerprint density at radius 1 is 1.18 bits per heavy atom. The number of hydrogen-bond acceptors (Lipinski definition) is 4. The summed E-state index contributed by atoms with van der Waals surface area (Å²) in [7, 11) is 0. The van der Waals surface area contributed by atoms with Gasteiger partial charge in [0.1, 0.15) is 6.10 Å². The van der Waals surface area contributed by atoms with E-state index < -0.39 is 0 Å². The molecule has 0 amide bonds. The Balaban J connectivity index is 1.38. The van der Waals surface area contributed by atoms with Crippen LogP contribution in [-0.4, -0.2) is 47.8 Å². The summed E-state index contributed by atoms with van der Waals surface area (Å²) in [5.41, 5.74) is 1.19. The molecule has 3 aliphatic rings. The molecule has 3 fully saturated rings. The molecule has 0 unspecified atom stereocenters. The molecule has 1 aliphatic carbocycles. The maximum atomic E-state index is 6.23. The third-order valence-electron chi connectivity index (χ3n) is 5.51.